The van der Waals surface area contributed by atoms with E-state index < -0.39 is 12.1 Å². The Balaban J connectivity index is 2.23. The molecule has 0 spiro atoms. The van der Waals surface area contributed by atoms with Gasteiger partial charge in [0.1, 0.15) is 11.8 Å². The number of carbonyl (C=O) groups excluding carboxylic acids is 1. The van der Waals surface area contributed by atoms with Gasteiger partial charge in [0.15, 0.2) is 6.10 Å². The van der Waals surface area contributed by atoms with Gasteiger partial charge in [0.2, 0.25) is 5.76 Å². The normalized spacial score (nSPS) is 11.6. The fraction of sp³-hybridized carbons (Fsp3) is 0.143. The molecule has 0 aliphatic rings. The number of nitrogens with zero attached hydrogens (tertiary/aromatic N) is 1. The molecular formula is C14H10ClNO3. The molecule has 0 saturated heterocycles. The van der Waals surface area contributed by atoms with Gasteiger partial charge >= 0.3 is 5.97 Å². The highest BCUT2D eigenvalue weighted by atomic mass is 35.5. The Bertz CT molecular complexity index is 642. The predicted molar refractivity (Wildman–Crippen MR) is 69.6 cm³/mol. The smallest absolute Gasteiger partial charge is 0.375 e. The van der Waals surface area contributed by atoms with E-state index in [1.54, 1.807) is 24.3 Å². The molecule has 1 aromatic heterocycles. The third-order valence-electron chi connectivity index (χ3n) is 2.41. The summed E-state index contributed by atoms with van der Waals surface area (Å²) in [5, 5.41) is 9.10. The van der Waals surface area contributed by atoms with Crippen molar-refractivity contribution in [3.63, 3.8) is 0 Å². The van der Waals surface area contributed by atoms with Gasteiger partial charge in [-0.25, -0.2) is 4.79 Å². The first kappa shape index (κ1) is 13.2. The van der Waals surface area contributed by atoms with Gasteiger partial charge in [0, 0.05) is 5.56 Å². The maximum absolute atomic E-state index is 11.6. The lowest BCUT2D eigenvalue weighted by atomic mass is 10.2. The van der Waals surface area contributed by atoms with Crippen LogP contribution in [0.5, 0.6) is 0 Å². The zero-order valence-corrected chi connectivity index (χ0v) is 10.8. The van der Waals surface area contributed by atoms with Crippen LogP contribution in [0, 0.1) is 11.3 Å². The summed E-state index contributed by atoms with van der Waals surface area (Å²) in [5.74, 6) is -0.161. The first-order valence-electron chi connectivity index (χ1n) is 5.57. The summed E-state index contributed by atoms with van der Waals surface area (Å²) in [5.41, 5.74) is 0.691. The molecule has 96 valence electrons. The molecule has 0 fully saturated rings. The fourth-order valence-corrected chi connectivity index (χ4v) is 1.73. The second-order valence-electron chi connectivity index (χ2n) is 3.82. The van der Waals surface area contributed by atoms with Gasteiger partial charge in [-0.1, -0.05) is 23.7 Å². The summed E-state index contributed by atoms with van der Waals surface area (Å²) in [6.07, 6.45) is -0.818. The van der Waals surface area contributed by atoms with Gasteiger partial charge in [-0.3, -0.25) is 0 Å². The SMILES string of the molecule is CC(C#N)OC(=O)c1ccc(-c2ccccc2Cl)o1. The van der Waals surface area contributed by atoms with Crippen molar-refractivity contribution < 1.29 is 13.9 Å². The van der Waals surface area contributed by atoms with Crippen molar-refractivity contribution in [2.24, 2.45) is 0 Å². The molecule has 0 amide bonds. The first-order chi connectivity index (χ1) is 9.11. The summed E-state index contributed by atoms with van der Waals surface area (Å²) in [6.45, 7) is 1.48. The van der Waals surface area contributed by atoms with E-state index in [1.165, 1.54) is 13.0 Å². The Labute approximate surface area is 115 Å². The molecule has 5 heteroatoms. The third-order valence-corrected chi connectivity index (χ3v) is 2.74. The highest BCUT2D eigenvalue weighted by Gasteiger charge is 2.17. The minimum Gasteiger partial charge on any atom is -0.449 e. The second-order valence-corrected chi connectivity index (χ2v) is 4.23. The highest BCUT2D eigenvalue weighted by molar-refractivity contribution is 6.33. The molecule has 2 rings (SSSR count). The van der Waals surface area contributed by atoms with Gasteiger partial charge in [0.05, 0.1) is 5.02 Å². The van der Waals surface area contributed by atoms with E-state index in [0.29, 0.717) is 16.3 Å². The third kappa shape index (κ3) is 2.95. The van der Waals surface area contributed by atoms with E-state index in [2.05, 4.69) is 0 Å². The molecule has 1 heterocycles. The molecule has 0 aliphatic carbocycles. The molecule has 0 radical (unpaired) electrons. The van der Waals surface area contributed by atoms with Gasteiger partial charge in [0.25, 0.3) is 0 Å². The van der Waals surface area contributed by atoms with Crippen LogP contribution < -0.4 is 0 Å². The number of hydrogen-bond acceptors (Lipinski definition) is 4. The van der Waals surface area contributed by atoms with Crippen LogP contribution in [0.25, 0.3) is 11.3 Å². The van der Waals surface area contributed by atoms with Crippen molar-refractivity contribution in [3.8, 4) is 17.4 Å². The molecule has 1 unspecified atom stereocenters. The van der Waals surface area contributed by atoms with Crippen LogP contribution in [0.3, 0.4) is 0 Å². The summed E-state index contributed by atoms with van der Waals surface area (Å²) in [6, 6.07) is 12.1. The molecule has 0 N–H and O–H groups in total. The van der Waals surface area contributed by atoms with Gasteiger partial charge in [-0.05, 0) is 31.2 Å². The standard InChI is InChI=1S/C14H10ClNO3/c1-9(8-16)18-14(17)13-7-6-12(19-13)10-4-2-3-5-11(10)15/h2-7,9H,1H3. The number of esters is 1. The minimum atomic E-state index is -0.818. The summed E-state index contributed by atoms with van der Waals surface area (Å²) in [7, 11) is 0. The van der Waals surface area contributed by atoms with E-state index in [0.717, 1.165) is 0 Å². The van der Waals surface area contributed by atoms with Gasteiger partial charge in [-0.15, -0.1) is 0 Å². The Morgan fingerprint density at radius 3 is 2.79 bits per heavy atom. The number of nitriles is 1. The van der Waals surface area contributed by atoms with E-state index in [9.17, 15) is 4.79 Å². The van der Waals surface area contributed by atoms with Crippen molar-refractivity contribution in [2.75, 3.05) is 0 Å². The van der Waals surface area contributed by atoms with Crippen LogP contribution in [-0.4, -0.2) is 12.1 Å². The zero-order chi connectivity index (χ0) is 13.8. The lowest BCUT2D eigenvalue weighted by molar-refractivity contribution is 0.0400. The quantitative estimate of drug-likeness (QED) is 0.802. The van der Waals surface area contributed by atoms with E-state index in [1.807, 2.05) is 12.1 Å². The molecule has 0 bridgehead atoms. The maximum atomic E-state index is 11.6. The number of carbonyl (C=O) groups is 1. The fourth-order valence-electron chi connectivity index (χ4n) is 1.50. The molecule has 19 heavy (non-hydrogen) atoms. The van der Waals surface area contributed by atoms with E-state index in [4.69, 9.17) is 26.0 Å². The van der Waals surface area contributed by atoms with Crippen LogP contribution in [0.1, 0.15) is 17.5 Å². The second kappa shape index (κ2) is 5.59. The summed E-state index contributed by atoms with van der Waals surface area (Å²) < 4.78 is 10.2. The first-order valence-corrected chi connectivity index (χ1v) is 5.95. The van der Waals surface area contributed by atoms with Gasteiger partial charge in [-0.2, -0.15) is 5.26 Å². The van der Waals surface area contributed by atoms with Crippen molar-refractivity contribution in [1.29, 1.82) is 5.26 Å². The van der Waals surface area contributed by atoms with Crippen molar-refractivity contribution in [3.05, 3.63) is 47.2 Å². The Hall–Kier alpha value is -2.25. The Kier molecular flexibility index (Phi) is 3.88. The maximum Gasteiger partial charge on any atom is 0.375 e. The molecule has 2 aromatic rings. The van der Waals surface area contributed by atoms with E-state index in [-0.39, 0.29) is 5.76 Å². The number of benzene rings is 1. The monoisotopic (exact) mass is 275 g/mol. The molecule has 4 nitrogen and oxygen atoms in total. The number of halogens is 1. The average molecular weight is 276 g/mol. The van der Waals surface area contributed by atoms with Crippen LogP contribution in [0.4, 0.5) is 0 Å². The lowest BCUT2D eigenvalue weighted by Crippen LogP contribution is -2.12. The molecule has 1 aromatic carbocycles. The number of furan rings is 1. The summed E-state index contributed by atoms with van der Waals surface area (Å²) in [4.78, 5) is 11.6. The lowest BCUT2D eigenvalue weighted by Gasteiger charge is -2.03. The Morgan fingerprint density at radius 2 is 2.11 bits per heavy atom. The number of ether oxygens (including phenoxy) is 1. The largest absolute Gasteiger partial charge is 0.449 e. The van der Waals surface area contributed by atoms with E-state index >= 15 is 0 Å². The molecular weight excluding hydrogens is 266 g/mol. The number of hydrogen-bond donors (Lipinski definition) is 0. The van der Waals surface area contributed by atoms with Crippen molar-refractivity contribution in [2.45, 2.75) is 13.0 Å². The minimum absolute atomic E-state index is 0.0389. The van der Waals surface area contributed by atoms with Crippen LogP contribution in [0.15, 0.2) is 40.8 Å². The zero-order valence-electron chi connectivity index (χ0n) is 10.1. The van der Waals surface area contributed by atoms with Crippen LogP contribution in [-0.2, 0) is 4.74 Å². The van der Waals surface area contributed by atoms with Crippen molar-refractivity contribution >= 4 is 17.6 Å². The molecule has 0 saturated carbocycles. The van der Waals surface area contributed by atoms with Crippen LogP contribution in [0.2, 0.25) is 5.02 Å². The van der Waals surface area contributed by atoms with Gasteiger partial charge < -0.3 is 9.15 Å². The van der Waals surface area contributed by atoms with Crippen molar-refractivity contribution in [1.82, 2.24) is 0 Å². The topological polar surface area (TPSA) is 63.2 Å². The predicted octanol–water partition coefficient (Wildman–Crippen LogP) is 3.67. The number of rotatable bonds is 3. The Morgan fingerprint density at radius 1 is 1.37 bits per heavy atom. The summed E-state index contributed by atoms with van der Waals surface area (Å²) >= 11 is 6.04. The average Bonchev–Trinajstić information content (AvgIpc) is 2.88. The van der Waals surface area contributed by atoms with Crippen LogP contribution >= 0.6 is 11.6 Å². The molecule has 0 aliphatic heterocycles. The highest BCUT2D eigenvalue weighted by Crippen LogP contribution is 2.29. The molecule has 1 atom stereocenters.